The van der Waals surface area contributed by atoms with Gasteiger partial charge in [0.2, 0.25) is 0 Å². The highest BCUT2D eigenvalue weighted by atomic mass is 14.7. The largest absolute Gasteiger partial charge is 0.329 e. The van der Waals surface area contributed by atoms with E-state index in [1.807, 2.05) is 0 Å². The fourth-order valence-corrected chi connectivity index (χ4v) is 1.04. The molecular formula is C10H24N2. The fourth-order valence-electron chi connectivity index (χ4n) is 1.04. The molecule has 0 saturated carbocycles. The van der Waals surface area contributed by atoms with Gasteiger partial charge >= 0.3 is 0 Å². The first-order valence-corrected chi connectivity index (χ1v) is 4.66. The first kappa shape index (κ1) is 11.9. The van der Waals surface area contributed by atoms with Crippen LogP contribution >= 0.6 is 0 Å². The summed E-state index contributed by atoms with van der Waals surface area (Å²) in [5, 5.41) is 0. The van der Waals surface area contributed by atoms with Crippen molar-refractivity contribution in [3.63, 3.8) is 0 Å². The zero-order valence-corrected chi connectivity index (χ0v) is 9.15. The van der Waals surface area contributed by atoms with Gasteiger partial charge in [0.1, 0.15) is 0 Å². The van der Waals surface area contributed by atoms with Crippen molar-refractivity contribution >= 4 is 0 Å². The van der Waals surface area contributed by atoms with E-state index in [4.69, 9.17) is 11.5 Å². The van der Waals surface area contributed by atoms with Crippen molar-refractivity contribution in [1.82, 2.24) is 0 Å². The molecule has 0 aliphatic rings. The van der Waals surface area contributed by atoms with E-state index in [1.54, 1.807) is 0 Å². The lowest BCUT2D eigenvalue weighted by Crippen LogP contribution is -2.40. The first-order valence-electron chi connectivity index (χ1n) is 4.66. The fraction of sp³-hybridized carbons (Fsp3) is 1.00. The predicted octanol–water partition coefficient (Wildman–Crippen LogP) is 1.73. The smallest absolute Gasteiger partial charge is 0.0168 e. The van der Waals surface area contributed by atoms with Crippen molar-refractivity contribution in [3.05, 3.63) is 0 Å². The van der Waals surface area contributed by atoms with Crippen molar-refractivity contribution in [3.8, 4) is 0 Å². The summed E-state index contributed by atoms with van der Waals surface area (Å²) in [4.78, 5) is 0. The third-order valence-corrected chi connectivity index (χ3v) is 3.11. The van der Waals surface area contributed by atoms with Gasteiger partial charge in [-0.15, -0.1) is 0 Å². The first-order chi connectivity index (χ1) is 5.20. The number of nitrogens with two attached hydrogens (primary N) is 2. The highest BCUT2D eigenvalue weighted by Crippen LogP contribution is 2.41. The van der Waals surface area contributed by atoms with Gasteiger partial charge < -0.3 is 11.5 Å². The Kier molecular flexibility index (Phi) is 3.73. The molecule has 0 rings (SSSR count). The Bertz CT molecular complexity index is 133. The molecule has 0 bridgehead atoms. The standard InChI is InChI=1S/C10H24N2/c1-9(2,3)10(4,5)6-8(12)7-11/h8H,6-7,11-12H2,1-5H3. The Morgan fingerprint density at radius 2 is 1.50 bits per heavy atom. The predicted molar refractivity (Wildman–Crippen MR) is 54.9 cm³/mol. The van der Waals surface area contributed by atoms with E-state index >= 15 is 0 Å². The van der Waals surface area contributed by atoms with Crippen LogP contribution in [0.25, 0.3) is 0 Å². The molecule has 4 N–H and O–H groups in total. The normalized spacial score (nSPS) is 16.2. The maximum atomic E-state index is 5.83. The maximum Gasteiger partial charge on any atom is 0.0168 e. The molecule has 0 aromatic rings. The van der Waals surface area contributed by atoms with E-state index in [0.29, 0.717) is 12.0 Å². The van der Waals surface area contributed by atoms with Gasteiger partial charge in [-0.1, -0.05) is 34.6 Å². The van der Waals surface area contributed by atoms with Crippen molar-refractivity contribution in [2.45, 2.75) is 47.1 Å². The van der Waals surface area contributed by atoms with E-state index in [2.05, 4.69) is 34.6 Å². The third-order valence-electron chi connectivity index (χ3n) is 3.11. The van der Waals surface area contributed by atoms with Crippen molar-refractivity contribution in [2.75, 3.05) is 6.54 Å². The molecule has 2 heteroatoms. The molecular weight excluding hydrogens is 148 g/mol. The second-order valence-corrected chi connectivity index (χ2v) is 5.33. The zero-order valence-electron chi connectivity index (χ0n) is 9.15. The van der Waals surface area contributed by atoms with E-state index < -0.39 is 0 Å². The maximum absolute atomic E-state index is 5.83. The molecule has 1 unspecified atom stereocenters. The highest BCUT2D eigenvalue weighted by molar-refractivity contribution is 4.85. The lowest BCUT2D eigenvalue weighted by molar-refractivity contribution is 0.111. The molecule has 74 valence electrons. The van der Waals surface area contributed by atoms with Gasteiger partial charge in [-0.3, -0.25) is 0 Å². The van der Waals surface area contributed by atoms with Gasteiger partial charge in [-0.2, -0.15) is 0 Å². The van der Waals surface area contributed by atoms with Crippen LogP contribution in [0.4, 0.5) is 0 Å². The van der Waals surface area contributed by atoms with Crippen LogP contribution in [0, 0.1) is 10.8 Å². The van der Waals surface area contributed by atoms with Gasteiger partial charge in [-0.05, 0) is 17.3 Å². The summed E-state index contributed by atoms with van der Waals surface area (Å²) < 4.78 is 0. The Labute approximate surface area is 76.7 Å². The lowest BCUT2D eigenvalue weighted by atomic mass is 9.66. The van der Waals surface area contributed by atoms with Gasteiger partial charge in [0.25, 0.3) is 0 Å². The molecule has 2 nitrogen and oxygen atoms in total. The van der Waals surface area contributed by atoms with Crippen molar-refractivity contribution in [1.29, 1.82) is 0 Å². The molecule has 0 radical (unpaired) electrons. The average molecular weight is 172 g/mol. The van der Waals surface area contributed by atoms with Crippen LogP contribution in [-0.2, 0) is 0 Å². The molecule has 1 atom stereocenters. The van der Waals surface area contributed by atoms with Gasteiger partial charge in [0.05, 0.1) is 0 Å². The molecule has 0 aromatic heterocycles. The summed E-state index contributed by atoms with van der Waals surface area (Å²) in [5.41, 5.74) is 11.9. The minimum absolute atomic E-state index is 0.138. The van der Waals surface area contributed by atoms with Crippen LogP contribution in [0.5, 0.6) is 0 Å². The van der Waals surface area contributed by atoms with Crippen LogP contribution in [-0.4, -0.2) is 12.6 Å². The number of hydrogen-bond acceptors (Lipinski definition) is 2. The second kappa shape index (κ2) is 3.75. The van der Waals surface area contributed by atoms with E-state index in [1.165, 1.54) is 0 Å². The Hall–Kier alpha value is -0.0800. The minimum atomic E-state index is 0.138. The minimum Gasteiger partial charge on any atom is -0.329 e. The molecule has 0 heterocycles. The summed E-state index contributed by atoms with van der Waals surface area (Å²) in [7, 11) is 0. The summed E-state index contributed by atoms with van der Waals surface area (Å²) in [6.07, 6.45) is 0.993. The van der Waals surface area contributed by atoms with Gasteiger partial charge in [0.15, 0.2) is 0 Å². The molecule has 0 aliphatic carbocycles. The van der Waals surface area contributed by atoms with E-state index in [9.17, 15) is 0 Å². The number of rotatable bonds is 3. The molecule has 0 fully saturated rings. The van der Waals surface area contributed by atoms with Crippen molar-refractivity contribution < 1.29 is 0 Å². The van der Waals surface area contributed by atoms with Crippen LogP contribution in [0.3, 0.4) is 0 Å². The molecule has 0 saturated heterocycles. The SMILES string of the molecule is CC(C)(C)C(C)(C)CC(N)CN. The Morgan fingerprint density at radius 1 is 1.08 bits per heavy atom. The van der Waals surface area contributed by atoms with E-state index in [-0.39, 0.29) is 11.5 Å². The lowest BCUT2D eigenvalue weighted by Gasteiger charge is -2.40. The zero-order chi connectivity index (χ0) is 9.99. The van der Waals surface area contributed by atoms with Crippen LogP contribution in [0.1, 0.15) is 41.0 Å². The second-order valence-electron chi connectivity index (χ2n) is 5.33. The van der Waals surface area contributed by atoms with Gasteiger partial charge in [-0.25, -0.2) is 0 Å². The molecule has 0 aliphatic heterocycles. The highest BCUT2D eigenvalue weighted by Gasteiger charge is 2.33. The average Bonchev–Trinajstić information content (AvgIpc) is 1.84. The molecule has 0 spiro atoms. The van der Waals surface area contributed by atoms with Crippen LogP contribution in [0.15, 0.2) is 0 Å². The molecule has 12 heavy (non-hydrogen) atoms. The summed E-state index contributed by atoms with van der Waals surface area (Å²) in [6.45, 7) is 11.8. The van der Waals surface area contributed by atoms with E-state index in [0.717, 1.165) is 6.42 Å². The van der Waals surface area contributed by atoms with Crippen LogP contribution < -0.4 is 11.5 Å². The topological polar surface area (TPSA) is 52.0 Å². The van der Waals surface area contributed by atoms with Crippen molar-refractivity contribution in [2.24, 2.45) is 22.3 Å². The quantitative estimate of drug-likeness (QED) is 0.681. The summed E-state index contributed by atoms with van der Waals surface area (Å²) in [6, 6.07) is 0.138. The summed E-state index contributed by atoms with van der Waals surface area (Å²) in [5.74, 6) is 0. The Balaban J connectivity index is 4.22. The molecule has 0 amide bonds. The number of hydrogen-bond donors (Lipinski definition) is 2. The third kappa shape index (κ3) is 3.11. The van der Waals surface area contributed by atoms with Crippen LogP contribution in [0.2, 0.25) is 0 Å². The summed E-state index contributed by atoms with van der Waals surface area (Å²) >= 11 is 0. The Morgan fingerprint density at radius 3 is 1.75 bits per heavy atom. The molecule has 0 aromatic carbocycles. The monoisotopic (exact) mass is 172 g/mol. The van der Waals surface area contributed by atoms with Gasteiger partial charge in [0, 0.05) is 12.6 Å².